The number of hydrogen-bond acceptors (Lipinski definition) is 3. The molecule has 0 rings (SSSR count). The normalized spacial score (nSPS) is 13.4. The van der Waals surface area contributed by atoms with Gasteiger partial charge in [-0.1, -0.05) is 0 Å². The topological polar surface area (TPSA) is 81.1 Å². The first-order chi connectivity index (χ1) is 3.18. The minimum absolute atomic E-state index is 0.431. The fourth-order valence-electron chi connectivity index (χ4n) is 0.0821. The molecule has 5 N–H and O–H groups in total. The van der Waals surface area contributed by atoms with E-state index in [1.54, 1.807) is 6.92 Å². The Kier molecular flexibility index (Phi) is 2.32. The average molecular weight is 103 g/mol. The second-order valence-corrected chi connectivity index (χ2v) is 1.29. The van der Waals surface area contributed by atoms with Crippen molar-refractivity contribution in [2.75, 3.05) is 0 Å². The summed E-state index contributed by atoms with van der Waals surface area (Å²) in [6.07, 6.45) is 0. The molecule has 0 spiro atoms. The van der Waals surface area contributed by atoms with Crippen LogP contribution in [0.2, 0.25) is 0 Å². The molecule has 1 amide bonds. The van der Waals surface area contributed by atoms with Gasteiger partial charge < -0.3 is 5.73 Å². The van der Waals surface area contributed by atoms with Crippen molar-refractivity contribution in [2.24, 2.45) is 11.6 Å². The van der Waals surface area contributed by atoms with Crippen molar-refractivity contribution in [1.29, 1.82) is 0 Å². The van der Waals surface area contributed by atoms with E-state index in [-0.39, 0.29) is 0 Å². The highest BCUT2D eigenvalue weighted by Crippen LogP contribution is 1.69. The molecule has 0 bridgehead atoms. The number of carbonyl (C=O) groups excluding carboxylic acids is 1. The molecule has 4 nitrogen and oxygen atoms in total. The molecular weight excluding hydrogens is 94.1 g/mol. The summed E-state index contributed by atoms with van der Waals surface area (Å²) in [6.45, 7) is 1.59. The molecule has 0 aliphatic rings. The predicted molar refractivity (Wildman–Crippen MR) is 26.0 cm³/mol. The predicted octanol–water partition coefficient (Wildman–Crippen LogP) is -1.68. The Balaban J connectivity index is 3.34. The maximum absolute atomic E-state index is 10.0. The average Bonchev–Trinajstić information content (AvgIpc) is 1.65. The number of nitrogens with one attached hydrogen (secondary N) is 1. The number of amides is 1. The van der Waals surface area contributed by atoms with Crippen molar-refractivity contribution < 1.29 is 4.79 Å². The van der Waals surface area contributed by atoms with E-state index in [0.717, 1.165) is 0 Å². The quantitative estimate of drug-likeness (QED) is 0.288. The summed E-state index contributed by atoms with van der Waals surface area (Å²) >= 11 is 0. The number of primary amides is 1. The van der Waals surface area contributed by atoms with Crippen LogP contribution in [0.4, 0.5) is 0 Å². The molecule has 0 aromatic rings. The van der Waals surface area contributed by atoms with Gasteiger partial charge in [0.05, 0.1) is 6.04 Å². The van der Waals surface area contributed by atoms with Gasteiger partial charge in [-0.3, -0.25) is 10.6 Å². The second kappa shape index (κ2) is 2.54. The highest BCUT2D eigenvalue weighted by Gasteiger charge is 2.01. The van der Waals surface area contributed by atoms with Gasteiger partial charge >= 0.3 is 0 Å². The van der Waals surface area contributed by atoms with Gasteiger partial charge in [-0.15, -0.1) is 0 Å². The van der Waals surface area contributed by atoms with Gasteiger partial charge in [-0.05, 0) is 6.92 Å². The first-order valence-electron chi connectivity index (χ1n) is 1.94. The van der Waals surface area contributed by atoms with Crippen LogP contribution in [0.5, 0.6) is 0 Å². The summed E-state index contributed by atoms with van der Waals surface area (Å²) < 4.78 is 0. The van der Waals surface area contributed by atoms with E-state index in [9.17, 15) is 4.79 Å². The van der Waals surface area contributed by atoms with Crippen molar-refractivity contribution in [3.05, 3.63) is 0 Å². The lowest BCUT2D eigenvalue weighted by Gasteiger charge is -2.00. The van der Waals surface area contributed by atoms with E-state index < -0.39 is 11.9 Å². The molecule has 0 aliphatic heterocycles. The maximum atomic E-state index is 10.0. The molecule has 0 aromatic carbocycles. The highest BCUT2D eigenvalue weighted by atomic mass is 16.1. The molecule has 4 heteroatoms. The van der Waals surface area contributed by atoms with Crippen molar-refractivity contribution in [1.82, 2.24) is 5.43 Å². The molecule has 0 fully saturated rings. The second-order valence-electron chi connectivity index (χ2n) is 1.29. The highest BCUT2D eigenvalue weighted by molar-refractivity contribution is 5.79. The van der Waals surface area contributed by atoms with Gasteiger partial charge in [0.2, 0.25) is 5.91 Å². The maximum Gasteiger partial charge on any atom is 0.235 e. The number of hydrazine groups is 1. The Bertz CT molecular complexity index is 72.6. The van der Waals surface area contributed by atoms with Crippen molar-refractivity contribution >= 4 is 5.91 Å². The molecule has 0 radical (unpaired) electrons. The van der Waals surface area contributed by atoms with E-state index in [0.29, 0.717) is 0 Å². The monoisotopic (exact) mass is 103 g/mol. The largest absolute Gasteiger partial charge is 0.368 e. The third kappa shape index (κ3) is 2.13. The SMILES string of the molecule is C[C@@H](NN)C(N)=O. The van der Waals surface area contributed by atoms with E-state index >= 15 is 0 Å². The van der Waals surface area contributed by atoms with E-state index in [1.165, 1.54) is 0 Å². The van der Waals surface area contributed by atoms with E-state index in [1.807, 2.05) is 0 Å². The van der Waals surface area contributed by atoms with E-state index in [2.05, 4.69) is 5.43 Å². The standard InChI is InChI=1S/C3H9N3O/c1-2(6-5)3(4)7/h2,6H,5H2,1H3,(H2,4,7)/t2-/m1/s1. The lowest BCUT2D eigenvalue weighted by Crippen LogP contribution is -2.42. The third-order valence-corrected chi connectivity index (χ3v) is 0.677. The molecule has 0 saturated carbocycles. The minimum atomic E-state index is -0.442. The Morgan fingerprint density at radius 2 is 2.29 bits per heavy atom. The first kappa shape index (κ1) is 6.39. The fourth-order valence-corrected chi connectivity index (χ4v) is 0.0821. The molecule has 0 aliphatic carbocycles. The Labute approximate surface area is 41.8 Å². The van der Waals surface area contributed by atoms with Gasteiger partial charge in [-0.2, -0.15) is 0 Å². The van der Waals surface area contributed by atoms with Gasteiger partial charge in [0.1, 0.15) is 0 Å². The zero-order valence-corrected chi connectivity index (χ0v) is 4.14. The van der Waals surface area contributed by atoms with Crippen LogP contribution >= 0.6 is 0 Å². The van der Waals surface area contributed by atoms with Crippen LogP contribution in [0.3, 0.4) is 0 Å². The summed E-state index contributed by atoms with van der Waals surface area (Å²) in [5.41, 5.74) is 6.95. The molecular formula is C3H9N3O. The zero-order valence-electron chi connectivity index (χ0n) is 4.14. The van der Waals surface area contributed by atoms with Crippen LogP contribution in [0, 0.1) is 0 Å². The van der Waals surface area contributed by atoms with Crippen LogP contribution in [0.1, 0.15) is 6.92 Å². The molecule has 0 unspecified atom stereocenters. The van der Waals surface area contributed by atoms with Gasteiger partial charge in [0.15, 0.2) is 0 Å². The third-order valence-electron chi connectivity index (χ3n) is 0.677. The first-order valence-corrected chi connectivity index (χ1v) is 1.94. The molecule has 0 heterocycles. The number of hydrogen-bond donors (Lipinski definition) is 3. The fraction of sp³-hybridized carbons (Fsp3) is 0.667. The minimum Gasteiger partial charge on any atom is -0.368 e. The van der Waals surface area contributed by atoms with Gasteiger partial charge in [-0.25, -0.2) is 5.43 Å². The zero-order chi connectivity index (χ0) is 5.86. The van der Waals surface area contributed by atoms with Crippen molar-refractivity contribution in [3.8, 4) is 0 Å². The van der Waals surface area contributed by atoms with Crippen LogP contribution in [-0.4, -0.2) is 11.9 Å². The Hall–Kier alpha value is -0.610. The van der Waals surface area contributed by atoms with E-state index in [4.69, 9.17) is 11.6 Å². The molecule has 7 heavy (non-hydrogen) atoms. The molecule has 42 valence electrons. The molecule has 1 atom stereocenters. The number of carbonyl (C=O) groups is 1. The van der Waals surface area contributed by atoms with Gasteiger partial charge in [0.25, 0.3) is 0 Å². The van der Waals surface area contributed by atoms with Crippen LogP contribution in [0.25, 0.3) is 0 Å². The Morgan fingerprint density at radius 1 is 1.86 bits per heavy atom. The summed E-state index contributed by atoms with van der Waals surface area (Å²) in [5, 5.41) is 0. The smallest absolute Gasteiger partial charge is 0.235 e. The van der Waals surface area contributed by atoms with Gasteiger partial charge in [0, 0.05) is 0 Å². The lowest BCUT2D eigenvalue weighted by atomic mass is 10.3. The van der Waals surface area contributed by atoms with Crippen LogP contribution in [0.15, 0.2) is 0 Å². The van der Waals surface area contributed by atoms with Crippen LogP contribution in [-0.2, 0) is 4.79 Å². The van der Waals surface area contributed by atoms with Crippen LogP contribution < -0.4 is 17.0 Å². The summed E-state index contributed by atoms with van der Waals surface area (Å²) in [7, 11) is 0. The number of nitrogens with two attached hydrogens (primary N) is 2. The lowest BCUT2D eigenvalue weighted by molar-refractivity contribution is -0.119. The van der Waals surface area contributed by atoms with Crippen molar-refractivity contribution in [2.45, 2.75) is 13.0 Å². The van der Waals surface area contributed by atoms with Crippen molar-refractivity contribution in [3.63, 3.8) is 0 Å². The summed E-state index contributed by atoms with van der Waals surface area (Å²) in [6, 6.07) is -0.431. The summed E-state index contributed by atoms with van der Waals surface area (Å²) in [5.74, 6) is 4.38. The Morgan fingerprint density at radius 3 is 2.29 bits per heavy atom. The molecule has 0 saturated heterocycles. The molecule has 0 aromatic heterocycles. The number of rotatable bonds is 2. The summed E-state index contributed by atoms with van der Waals surface area (Å²) in [4.78, 5) is 10.0.